The van der Waals surface area contributed by atoms with Crippen molar-refractivity contribution in [2.75, 3.05) is 4.90 Å². The van der Waals surface area contributed by atoms with Crippen molar-refractivity contribution in [2.45, 2.75) is 0 Å². The van der Waals surface area contributed by atoms with E-state index in [9.17, 15) is 0 Å². The van der Waals surface area contributed by atoms with E-state index >= 15 is 0 Å². The second-order valence-electron chi connectivity index (χ2n) is 16.9. The highest BCUT2D eigenvalue weighted by Crippen LogP contribution is 2.39. The van der Waals surface area contributed by atoms with E-state index in [1.54, 1.807) is 0 Å². The van der Waals surface area contributed by atoms with Gasteiger partial charge in [0.25, 0.3) is 0 Å². The molecule has 1 nitrogen and oxygen atoms in total. The summed E-state index contributed by atoms with van der Waals surface area (Å²) in [5, 5.41) is 10.2. The molecule has 12 aromatic rings. The van der Waals surface area contributed by atoms with Crippen molar-refractivity contribution in [2.24, 2.45) is 0 Å². The van der Waals surface area contributed by atoms with Crippen LogP contribution in [0.5, 0.6) is 0 Å². The van der Waals surface area contributed by atoms with Crippen LogP contribution in [0.2, 0.25) is 0 Å². The molecular formula is C64H43N. The third-order valence-electron chi connectivity index (χ3n) is 13.1. The molecule has 0 fully saturated rings. The highest BCUT2D eigenvalue weighted by atomic mass is 15.1. The molecule has 0 spiro atoms. The molecule has 0 N–H and O–H groups in total. The van der Waals surface area contributed by atoms with E-state index in [1.165, 1.54) is 98.7 Å². The molecule has 65 heavy (non-hydrogen) atoms. The Labute approximate surface area is 379 Å². The zero-order valence-electron chi connectivity index (χ0n) is 35.8. The molecule has 0 heterocycles. The standard InChI is InChI=1S/C64H43N/c1-2-8-44(9-3-1)47-26-34-58(35-27-47)65(59-36-28-48(29-37-59)45-14-18-50(19-15-45)54-32-40-63-56(42-54)24-22-52-10-4-6-12-61(52)63)60-38-30-49(31-39-60)46-16-20-51(21-17-46)55-33-41-64-57(43-55)25-23-53-11-5-7-13-62(53)64/h1-43H. The van der Waals surface area contributed by atoms with Gasteiger partial charge in [-0.3, -0.25) is 0 Å². The van der Waals surface area contributed by atoms with Crippen LogP contribution >= 0.6 is 0 Å². The van der Waals surface area contributed by atoms with Gasteiger partial charge in [-0.1, -0.05) is 212 Å². The number of nitrogens with zero attached hydrogens (tertiary/aromatic N) is 1. The number of hydrogen-bond acceptors (Lipinski definition) is 1. The molecule has 0 aliphatic rings. The number of rotatable bonds is 8. The smallest absolute Gasteiger partial charge is 0.0462 e. The summed E-state index contributed by atoms with van der Waals surface area (Å²) in [7, 11) is 0. The van der Waals surface area contributed by atoms with Crippen molar-refractivity contribution in [3.63, 3.8) is 0 Å². The van der Waals surface area contributed by atoms with E-state index in [0.29, 0.717) is 0 Å². The van der Waals surface area contributed by atoms with Crippen LogP contribution in [0, 0.1) is 0 Å². The van der Waals surface area contributed by atoms with Gasteiger partial charge in [0.05, 0.1) is 0 Å². The van der Waals surface area contributed by atoms with E-state index in [-0.39, 0.29) is 0 Å². The summed E-state index contributed by atoms with van der Waals surface area (Å²) >= 11 is 0. The maximum absolute atomic E-state index is 2.35. The van der Waals surface area contributed by atoms with Crippen molar-refractivity contribution < 1.29 is 0 Å². The first-order valence-corrected chi connectivity index (χ1v) is 22.4. The first-order chi connectivity index (χ1) is 32.2. The van der Waals surface area contributed by atoms with Crippen LogP contribution in [0.25, 0.3) is 98.7 Å². The maximum atomic E-state index is 2.35. The van der Waals surface area contributed by atoms with E-state index in [0.717, 1.165) is 17.1 Å². The Morgan fingerprint density at radius 2 is 0.431 bits per heavy atom. The fourth-order valence-corrected chi connectivity index (χ4v) is 9.58. The first kappa shape index (κ1) is 38.2. The predicted molar refractivity (Wildman–Crippen MR) is 278 cm³/mol. The molecule has 304 valence electrons. The third kappa shape index (κ3) is 7.30. The van der Waals surface area contributed by atoms with Crippen LogP contribution in [0.1, 0.15) is 0 Å². The average Bonchev–Trinajstić information content (AvgIpc) is 3.39. The topological polar surface area (TPSA) is 3.24 Å². The quantitative estimate of drug-likeness (QED) is 0.138. The minimum Gasteiger partial charge on any atom is -0.311 e. The average molecular weight is 826 g/mol. The molecule has 0 aromatic heterocycles. The van der Waals surface area contributed by atoms with E-state index in [1.807, 2.05) is 0 Å². The second-order valence-corrected chi connectivity index (χ2v) is 16.9. The minimum atomic E-state index is 1.10. The van der Waals surface area contributed by atoms with Gasteiger partial charge in [-0.2, -0.15) is 0 Å². The lowest BCUT2D eigenvalue weighted by Gasteiger charge is -2.26. The monoisotopic (exact) mass is 825 g/mol. The molecule has 0 saturated carbocycles. The lowest BCUT2D eigenvalue weighted by atomic mass is 9.96. The molecule has 0 aliphatic heterocycles. The molecule has 0 unspecified atom stereocenters. The van der Waals surface area contributed by atoms with Gasteiger partial charge in [-0.25, -0.2) is 0 Å². The molecule has 12 aromatic carbocycles. The van der Waals surface area contributed by atoms with Crippen molar-refractivity contribution in [3.8, 4) is 55.6 Å². The molecule has 0 radical (unpaired) electrons. The SMILES string of the molecule is c1ccc(-c2ccc(N(c3ccc(-c4ccc(-c5ccc6c(ccc7ccccc76)c5)cc4)cc3)c3ccc(-c4ccc(-c5ccc6c(ccc7ccccc76)c5)cc4)cc3)cc2)cc1. The molecule has 0 amide bonds. The zero-order chi connectivity index (χ0) is 43.1. The number of fused-ring (bicyclic) bond motifs is 6. The van der Waals surface area contributed by atoms with Crippen LogP contribution in [-0.2, 0) is 0 Å². The van der Waals surface area contributed by atoms with Crippen molar-refractivity contribution in [1.29, 1.82) is 0 Å². The maximum Gasteiger partial charge on any atom is 0.0462 e. The Hall–Kier alpha value is -8.52. The third-order valence-corrected chi connectivity index (χ3v) is 13.1. The van der Waals surface area contributed by atoms with Gasteiger partial charge in [0.2, 0.25) is 0 Å². The van der Waals surface area contributed by atoms with E-state index in [4.69, 9.17) is 0 Å². The van der Waals surface area contributed by atoms with Gasteiger partial charge >= 0.3 is 0 Å². The summed E-state index contributed by atoms with van der Waals surface area (Å²) in [6, 6.07) is 95.1. The van der Waals surface area contributed by atoms with Crippen LogP contribution in [-0.4, -0.2) is 0 Å². The lowest BCUT2D eigenvalue weighted by molar-refractivity contribution is 1.28. The summed E-state index contributed by atoms with van der Waals surface area (Å²) in [5.41, 5.74) is 15.3. The fourth-order valence-electron chi connectivity index (χ4n) is 9.58. The Morgan fingerprint density at radius 3 is 0.815 bits per heavy atom. The van der Waals surface area contributed by atoms with Gasteiger partial charge in [0, 0.05) is 17.1 Å². The van der Waals surface area contributed by atoms with Crippen molar-refractivity contribution in [3.05, 3.63) is 261 Å². The number of anilines is 3. The molecule has 0 bridgehead atoms. The van der Waals surface area contributed by atoms with Gasteiger partial charge in [0.15, 0.2) is 0 Å². The van der Waals surface area contributed by atoms with E-state index < -0.39 is 0 Å². The van der Waals surface area contributed by atoms with Crippen molar-refractivity contribution >= 4 is 60.2 Å². The fraction of sp³-hybridized carbons (Fsp3) is 0. The number of benzene rings is 12. The van der Waals surface area contributed by atoms with Gasteiger partial charge in [0.1, 0.15) is 0 Å². The van der Waals surface area contributed by atoms with Crippen LogP contribution in [0.4, 0.5) is 17.1 Å². The zero-order valence-corrected chi connectivity index (χ0v) is 35.8. The van der Waals surface area contributed by atoms with Gasteiger partial charge in [-0.15, -0.1) is 0 Å². The van der Waals surface area contributed by atoms with Crippen molar-refractivity contribution in [1.82, 2.24) is 0 Å². The molecule has 0 saturated heterocycles. The summed E-state index contributed by atoms with van der Waals surface area (Å²) in [6.07, 6.45) is 0. The minimum absolute atomic E-state index is 1.10. The largest absolute Gasteiger partial charge is 0.311 e. The van der Waals surface area contributed by atoms with Crippen LogP contribution in [0.15, 0.2) is 261 Å². The highest BCUT2D eigenvalue weighted by molar-refractivity contribution is 6.09. The summed E-state index contributed by atoms with van der Waals surface area (Å²) in [5.74, 6) is 0. The van der Waals surface area contributed by atoms with Crippen LogP contribution in [0.3, 0.4) is 0 Å². The molecule has 12 rings (SSSR count). The first-order valence-electron chi connectivity index (χ1n) is 22.4. The molecular weight excluding hydrogens is 783 g/mol. The Balaban J connectivity index is 0.822. The molecule has 1 heteroatoms. The molecule has 0 atom stereocenters. The summed E-state index contributed by atoms with van der Waals surface area (Å²) in [6.45, 7) is 0. The van der Waals surface area contributed by atoms with Gasteiger partial charge in [-0.05, 0) is 147 Å². The second kappa shape index (κ2) is 16.3. The van der Waals surface area contributed by atoms with Gasteiger partial charge < -0.3 is 4.90 Å². The van der Waals surface area contributed by atoms with E-state index in [2.05, 4.69) is 266 Å². The number of hydrogen-bond donors (Lipinski definition) is 0. The summed E-state index contributed by atoms with van der Waals surface area (Å²) < 4.78 is 0. The predicted octanol–water partition coefficient (Wildman–Crippen LogP) is 18.1. The highest BCUT2D eigenvalue weighted by Gasteiger charge is 2.15. The van der Waals surface area contributed by atoms with Crippen LogP contribution < -0.4 is 4.90 Å². The Morgan fingerprint density at radius 1 is 0.169 bits per heavy atom. The normalized spacial score (nSPS) is 11.4. The molecule has 0 aliphatic carbocycles. The summed E-state index contributed by atoms with van der Waals surface area (Å²) in [4.78, 5) is 2.35. The Kier molecular flexibility index (Phi) is 9.58. The lowest BCUT2D eigenvalue weighted by Crippen LogP contribution is -2.09. The Bertz CT molecular complexity index is 3440.